The van der Waals surface area contributed by atoms with Crippen molar-refractivity contribution in [1.29, 1.82) is 0 Å². The number of rotatable bonds is 7. The molecule has 6 nitrogen and oxygen atoms in total. The Morgan fingerprint density at radius 1 is 0.944 bits per heavy atom. The highest BCUT2D eigenvalue weighted by Gasteiger charge is 2.26. The summed E-state index contributed by atoms with van der Waals surface area (Å²) in [5, 5.41) is 22.7. The van der Waals surface area contributed by atoms with Crippen LogP contribution in [0.15, 0.2) is 0 Å². The molecule has 1 fully saturated rings. The summed E-state index contributed by atoms with van der Waals surface area (Å²) in [6.45, 7) is 0. The molecule has 0 aromatic heterocycles. The van der Waals surface area contributed by atoms with Crippen LogP contribution in [0.4, 0.5) is 0 Å². The highest BCUT2D eigenvalue weighted by atomic mass is 16.4. The number of unbranched alkanes of at least 4 members (excludes halogenated alkanes) is 1. The van der Waals surface area contributed by atoms with Gasteiger partial charge in [0.05, 0.1) is 0 Å². The van der Waals surface area contributed by atoms with Gasteiger partial charge in [0.25, 0.3) is 0 Å². The molecule has 6 heteroatoms. The molecule has 0 aliphatic heterocycles. The van der Waals surface area contributed by atoms with Crippen molar-refractivity contribution in [3.63, 3.8) is 0 Å². The quantitative estimate of drug-likeness (QED) is 0.502. The van der Waals surface area contributed by atoms with Crippen LogP contribution in [0, 0.1) is 0 Å². The maximum atomic E-state index is 9.90. The number of carbonyl (C=O) groups is 2. The van der Waals surface area contributed by atoms with Gasteiger partial charge >= 0.3 is 11.9 Å². The smallest absolute Gasteiger partial charge is 0.303 e. The second-order valence-electron chi connectivity index (χ2n) is 4.36. The van der Waals surface area contributed by atoms with Crippen LogP contribution in [0.2, 0.25) is 0 Å². The summed E-state index contributed by atoms with van der Waals surface area (Å²) < 4.78 is 0. The van der Waals surface area contributed by atoms with E-state index in [9.17, 15) is 9.59 Å². The van der Waals surface area contributed by atoms with Crippen molar-refractivity contribution in [2.24, 2.45) is 0 Å². The normalized spacial score (nSPS) is 21.4. The zero-order chi connectivity index (χ0) is 14.0. The largest absolute Gasteiger partial charge is 0.481 e. The van der Waals surface area contributed by atoms with Gasteiger partial charge in [0, 0.05) is 24.9 Å². The van der Waals surface area contributed by atoms with Gasteiger partial charge in [-0.3, -0.25) is 9.59 Å². The second-order valence-corrected chi connectivity index (χ2v) is 4.36. The fourth-order valence-corrected chi connectivity index (χ4v) is 1.74. The molecule has 18 heavy (non-hydrogen) atoms. The lowest BCUT2D eigenvalue weighted by Gasteiger charge is -2.35. The molecule has 0 amide bonds. The molecule has 0 aromatic carbocycles. The number of carboxylic acids is 2. The average molecular weight is 260 g/mol. The van der Waals surface area contributed by atoms with Crippen molar-refractivity contribution >= 4 is 11.9 Å². The zero-order valence-electron chi connectivity index (χ0n) is 11.1. The minimum absolute atomic E-state index is 0.0628. The molecule has 1 aliphatic carbocycles. The van der Waals surface area contributed by atoms with Crippen molar-refractivity contribution < 1.29 is 19.8 Å². The lowest BCUT2D eigenvalue weighted by molar-refractivity contribution is -0.139. The van der Waals surface area contributed by atoms with Gasteiger partial charge in [0.1, 0.15) is 0 Å². The molecular formula is C12H24N2O4. The lowest BCUT2D eigenvalue weighted by Crippen LogP contribution is -2.52. The number of carboxylic acid groups (broad SMARTS) is 2. The maximum Gasteiger partial charge on any atom is 0.303 e. The first-order valence-electron chi connectivity index (χ1n) is 6.29. The van der Waals surface area contributed by atoms with Gasteiger partial charge in [0.2, 0.25) is 0 Å². The highest BCUT2D eigenvalue weighted by Crippen LogP contribution is 2.18. The third-order valence-corrected chi connectivity index (χ3v) is 3.05. The van der Waals surface area contributed by atoms with Crippen LogP contribution in [0.3, 0.4) is 0 Å². The molecule has 2 unspecified atom stereocenters. The van der Waals surface area contributed by atoms with Crippen LogP contribution >= 0.6 is 0 Å². The molecule has 106 valence electrons. The highest BCUT2D eigenvalue weighted by molar-refractivity contribution is 5.67. The number of hydrogen-bond donors (Lipinski definition) is 4. The summed E-state index contributed by atoms with van der Waals surface area (Å²) in [6, 6.07) is 1.47. The van der Waals surface area contributed by atoms with Crippen LogP contribution in [0.25, 0.3) is 0 Å². The number of likely N-dealkylation sites (N-methyl/N-ethyl adjacent to an activating group) is 2. The predicted octanol–water partition coefficient (Wildman–Crippen LogP) is 0.672. The van der Waals surface area contributed by atoms with Crippen molar-refractivity contribution in [2.75, 3.05) is 14.1 Å². The van der Waals surface area contributed by atoms with Crippen LogP contribution < -0.4 is 10.6 Å². The van der Waals surface area contributed by atoms with Gasteiger partial charge in [-0.15, -0.1) is 0 Å². The zero-order valence-corrected chi connectivity index (χ0v) is 11.1. The van der Waals surface area contributed by atoms with Gasteiger partial charge in [-0.05, 0) is 39.8 Å². The number of nitrogens with one attached hydrogen (secondary N) is 2. The number of aliphatic carboxylic acids is 2. The molecule has 2 atom stereocenters. The standard InChI is InChI=1S/C6H14N2.C6H10O4/c1-7-5-3-4-6(5)8-2;7-5(8)3-1-2-4-6(9)10/h5-8H,3-4H2,1-2H3;1-4H2,(H,7,8)(H,9,10). The number of hydrogen-bond acceptors (Lipinski definition) is 4. The molecule has 1 saturated carbocycles. The van der Waals surface area contributed by atoms with Gasteiger partial charge in [-0.2, -0.15) is 0 Å². The van der Waals surface area contributed by atoms with Gasteiger partial charge < -0.3 is 20.8 Å². The van der Waals surface area contributed by atoms with Gasteiger partial charge in [-0.25, -0.2) is 0 Å². The van der Waals surface area contributed by atoms with E-state index >= 15 is 0 Å². The van der Waals surface area contributed by atoms with Gasteiger partial charge in [-0.1, -0.05) is 0 Å². The summed E-state index contributed by atoms with van der Waals surface area (Å²) in [7, 11) is 4.04. The summed E-state index contributed by atoms with van der Waals surface area (Å²) in [4.78, 5) is 19.8. The summed E-state index contributed by atoms with van der Waals surface area (Å²) in [5.41, 5.74) is 0. The molecular weight excluding hydrogens is 236 g/mol. The first kappa shape index (κ1) is 16.9. The van der Waals surface area contributed by atoms with E-state index in [1.54, 1.807) is 0 Å². The molecule has 0 radical (unpaired) electrons. The Morgan fingerprint density at radius 2 is 1.28 bits per heavy atom. The van der Waals surface area contributed by atoms with E-state index in [0.717, 1.165) is 12.1 Å². The third-order valence-electron chi connectivity index (χ3n) is 3.05. The monoisotopic (exact) mass is 260 g/mol. The first-order chi connectivity index (χ1) is 8.51. The fraction of sp³-hybridized carbons (Fsp3) is 0.833. The summed E-state index contributed by atoms with van der Waals surface area (Å²) in [6.07, 6.45) is 3.69. The topological polar surface area (TPSA) is 98.7 Å². The SMILES string of the molecule is CNC1CCC1NC.O=C(O)CCCCC(=O)O. The van der Waals surface area contributed by atoms with E-state index < -0.39 is 11.9 Å². The van der Waals surface area contributed by atoms with E-state index in [1.807, 2.05) is 14.1 Å². The lowest BCUT2D eigenvalue weighted by atomic mass is 9.87. The Labute approximate surface area is 108 Å². The van der Waals surface area contributed by atoms with Crippen molar-refractivity contribution in [1.82, 2.24) is 10.6 Å². The van der Waals surface area contributed by atoms with Crippen molar-refractivity contribution in [3.8, 4) is 0 Å². The third kappa shape index (κ3) is 8.03. The molecule has 0 spiro atoms. The fourth-order valence-electron chi connectivity index (χ4n) is 1.74. The first-order valence-corrected chi connectivity index (χ1v) is 6.29. The van der Waals surface area contributed by atoms with Crippen LogP contribution in [0.5, 0.6) is 0 Å². The van der Waals surface area contributed by atoms with E-state index in [4.69, 9.17) is 10.2 Å². The Kier molecular flexibility index (Phi) is 9.22. The van der Waals surface area contributed by atoms with E-state index in [-0.39, 0.29) is 12.8 Å². The van der Waals surface area contributed by atoms with Crippen LogP contribution in [-0.2, 0) is 9.59 Å². The Bertz CT molecular complexity index is 228. The Hall–Kier alpha value is -1.14. The average Bonchev–Trinajstić information content (AvgIpc) is 2.25. The second kappa shape index (κ2) is 9.85. The van der Waals surface area contributed by atoms with Gasteiger partial charge in [0.15, 0.2) is 0 Å². The van der Waals surface area contributed by atoms with E-state index in [2.05, 4.69) is 10.6 Å². The van der Waals surface area contributed by atoms with Crippen LogP contribution in [0.1, 0.15) is 38.5 Å². The minimum Gasteiger partial charge on any atom is -0.481 e. The maximum absolute atomic E-state index is 9.90. The van der Waals surface area contributed by atoms with Crippen molar-refractivity contribution in [3.05, 3.63) is 0 Å². The van der Waals surface area contributed by atoms with Crippen LogP contribution in [-0.4, -0.2) is 48.3 Å². The molecule has 0 heterocycles. The molecule has 0 bridgehead atoms. The summed E-state index contributed by atoms with van der Waals surface area (Å²) >= 11 is 0. The van der Waals surface area contributed by atoms with E-state index in [0.29, 0.717) is 12.8 Å². The molecule has 4 N–H and O–H groups in total. The predicted molar refractivity (Wildman–Crippen MR) is 68.7 cm³/mol. The minimum atomic E-state index is -0.870. The summed E-state index contributed by atoms with van der Waals surface area (Å²) in [5.74, 6) is -1.74. The Morgan fingerprint density at radius 3 is 1.44 bits per heavy atom. The molecule has 0 aromatic rings. The van der Waals surface area contributed by atoms with E-state index in [1.165, 1.54) is 12.8 Å². The molecule has 1 aliphatic rings. The molecule has 0 saturated heterocycles. The Balaban J connectivity index is 0.000000327. The molecule has 1 rings (SSSR count). The van der Waals surface area contributed by atoms with Crippen molar-refractivity contribution in [2.45, 2.75) is 50.6 Å².